The van der Waals surface area contributed by atoms with E-state index >= 15 is 0 Å². The first kappa shape index (κ1) is 25.9. The van der Waals surface area contributed by atoms with Gasteiger partial charge in [0.15, 0.2) is 0 Å². The number of hydrogen-bond acceptors (Lipinski definition) is 4. The first-order valence-corrected chi connectivity index (χ1v) is 13.8. The van der Waals surface area contributed by atoms with E-state index in [-0.39, 0.29) is 29.3 Å². The van der Waals surface area contributed by atoms with E-state index in [1.165, 1.54) is 11.4 Å². The van der Waals surface area contributed by atoms with Crippen molar-refractivity contribution in [2.75, 3.05) is 20.2 Å². The van der Waals surface area contributed by atoms with Gasteiger partial charge in [0.25, 0.3) is 0 Å². The summed E-state index contributed by atoms with van der Waals surface area (Å²) >= 11 is 0. The minimum atomic E-state index is -3.83. The van der Waals surface area contributed by atoms with Gasteiger partial charge in [-0.15, -0.1) is 0 Å². The molecule has 36 heavy (non-hydrogen) atoms. The monoisotopic (exact) mass is 506 g/mol. The van der Waals surface area contributed by atoms with Gasteiger partial charge < -0.3 is 10.1 Å². The van der Waals surface area contributed by atoms with Gasteiger partial charge in [-0.05, 0) is 47.6 Å². The summed E-state index contributed by atoms with van der Waals surface area (Å²) in [5, 5.41) is 3.19. The Bertz CT molecular complexity index is 1240. The van der Waals surface area contributed by atoms with Gasteiger partial charge in [-0.2, -0.15) is 4.31 Å². The number of nitrogens with zero attached hydrogens (tertiary/aromatic N) is 1. The number of carbonyl (C=O) groups excluding carboxylic acids is 1. The lowest BCUT2D eigenvalue weighted by Crippen LogP contribution is -2.46. The molecule has 1 fully saturated rings. The molecule has 190 valence electrons. The Morgan fingerprint density at radius 1 is 0.944 bits per heavy atom. The number of carbonyl (C=O) groups is 1. The van der Waals surface area contributed by atoms with Crippen LogP contribution < -0.4 is 10.1 Å². The number of benzene rings is 3. The molecule has 1 saturated heterocycles. The lowest BCUT2D eigenvalue weighted by molar-refractivity contribution is -0.126. The lowest BCUT2D eigenvalue weighted by atomic mass is 9.95. The lowest BCUT2D eigenvalue weighted by Gasteiger charge is -2.32. The van der Waals surface area contributed by atoms with Crippen molar-refractivity contribution in [2.45, 2.75) is 43.5 Å². The molecule has 4 rings (SSSR count). The predicted octanol–water partition coefficient (Wildman–Crippen LogP) is 5.13. The third-order valence-electron chi connectivity index (χ3n) is 6.78. The van der Waals surface area contributed by atoms with Crippen LogP contribution in [0.25, 0.3) is 0 Å². The smallest absolute Gasteiger partial charge is 0.246 e. The highest BCUT2D eigenvalue weighted by atomic mass is 32.2. The van der Waals surface area contributed by atoms with E-state index in [1.54, 1.807) is 12.1 Å². The maximum absolute atomic E-state index is 13.7. The summed E-state index contributed by atoms with van der Waals surface area (Å²) in [7, 11) is -2.36. The van der Waals surface area contributed by atoms with E-state index in [0.29, 0.717) is 25.1 Å². The van der Waals surface area contributed by atoms with Crippen LogP contribution in [0.2, 0.25) is 0 Å². The Balaban J connectivity index is 1.57. The summed E-state index contributed by atoms with van der Waals surface area (Å²) in [6.07, 6.45) is 1.25. The second kappa shape index (κ2) is 11.3. The SMILES string of the molecule is COc1ccc(C(C)C)cc1S(=O)(=O)N1CCC[C@H](C(=O)NC(c2ccccc2)c2ccccc2)C1. The average Bonchev–Trinajstić information content (AvgIpc) is 2.92. The molecule has 1 heterocycles. The van der Waals surface area contributed by atoms with Gasteiger partial charge in [0.05, 0.1) is 19.1 Å². The molecule has 0 spiro atoms. The maximum atomic E-state index is 13.7. The molecule has 0 saturated carbocycles. The highest BCUT2D eigenvalue weighted by Gasteiger charge is 2.35. The van der Waals surface area contributed by atoms with E-state index < -0.39 is 15.9 Å². The van der Waals surface area contributed by atoms with Crippen LogP contribution in [0.3, 0.4) is 0 Å². The normalized spacial score (nSPS) is 16.8. The number of ether oxygens (including phenoxy) is 1. The maximum Gasteiger partial charge on any atom is 0.246 e. The van der Waals surface area contributed by atoms with Crippen molar-refractivity contribution in [3.8, 4) is 5.75 Å². The number of methoxy groups -OCH3 is 1. The van der Waals surface area contributed by atoms with Crippen molar-refractivity contribution in [3.63, 3.8) is 0 Å². The van der Waals surface area contributed by atoms with Crippen LogP contribution in [-0.4, -0.2) is 38.8 Å². The van der Waals surface area contributed by atoms with Crippen molar-refractivity contribution in [2.24, 2.45) is 5.92 Å². The molecule has 0 bridgehead atoms. The Hall–Kier alpha value is -3.16. The van der Waals surface area contributed by atoms with Gasteiger partial charge >= 0.3 is 0 Å². The summed E-state index contributed by atoms with van der Waals surface area (Å²) in [6.45, 7) is 4.56. The van der Waals surface area contributed by atoms with Gasteiger partial charge in [0.1, 0.15) is 10.6 Å². The highest BCUT2D eigenvalue weighted by Crippen LogP contribution is 2.33. The molecule has 3 aromatic rings. The van der Waals surface area contributed by atoms with Crippen molar-refractivity contribution in [3.05, 3.63) is 95.6 Å². The van der Waals surface area contributed by atoms with Crippen molar-refractivity contribution in [1.82, 2.24) is 9.62 Å². The van der Waals surface area contributed by atoms with Crippen LogP contribution in [0.4, 0.5) is 0 Å². The average molecular weight is 507 g/mol. The largest absolute Gasteiger partial charge is 0.495 e. The van der Waals surface area contributed by atoms with Crippen LogP contribution >= 0.6 is 0 Å². The molecular formula is C29H34N2O4S. The molecule has 1 aliphatic heterocycles. The first-order chi connectivity index (χ1) is 17.3. The fourth-order valence-electron chi connectivity index (χ4n) is 4.68. The summed E-state index contributed by atoms with van der Waals surface area (Å²) in [6, 6.07) is 24.6. The highest BCUT2D eigenvalue weighted by molar-refractivity contribution is 7.89. The molecule has 0 radical (unpaired) electrons. The Morgan fingerprint density at radius 3 is 2.11 bits per heavy atom. The summed E-state index contributed by atoms with van der Waals surface area (Å²) in [5.41, 5.74) is 2.88. The second-order valence-corrected chi connectivity index (χ2v) is 11.4. The topological polar surface area (TPSA) is 75.7 Å². The molecule has 1 aliphatic rings. The Labute approximate surface area is 214 Å². The molecule has 1 atom stereocenters. The number of amides is 1. The Kier molecular flexibility index (Phi) is 8.11. The third kappa shape index (κ3) is 5.63. The van der Waals surface area contributed by atoms with Crippen molar-refractivity contribution in [1.29, 1.82) is 0 Å². The first-order valence-electron chi connectivity index (χ1n) is 12.4. The van der Waals surface area contributed by atoms with Crippen LogP contribution in [0.15, 0.2) is 83.8 Å². The molecule has 7 heteroatoms. The fourth-order valence-corrected chi connectivity index (χ4v) is 6.39. The zero-order valence-corrected chi connectivity index (χ0v) is 21.9. The molecule has 0 unspecified atom stereocenters. The quantitative estimate of drug-likeness (QED) is 0.460. The number of sulfonamides is 1. The standard InChI is InChI=1S/C29H34N2O4S/c1-21(2)24-16-17-26(35-3)27(19-24)36(33,34)31-18-10-15-25(20-31)29(32)30-28(22-11-6-4-7-12-22)23-13-8-5-9-14-23/h4-9,11-14,16-17,19,21,25,28H,10,15,18,20H2,1-3H3,(H,30,32)/t25-/m0/s1. The third-order valence-corrected chi connectivity index (χ3v) is 8.67. The number of piperidine rings is 1. The molecule has 1 amide bonds. The summed E-state index contributed by atoms with van der Waals surface area (Å²) in [4.78, 5) is 13.6. The zero-order valence-electron chi connectivity index (χ0n) is 21.1. The second-order valence-electron chi connectivity index (χ2n) is 9.53. The fraction of sp³-hybridized carbons (Fsp3) is 0.345. The van der Waals surface area contributed by atoms with Crippen LogP contribution in [0, 0.1) is 5.92 Å². The molecule has 6 nitrogen and oxygen atoms in total. The van der Waals surface area contributed by atoms with Gasteiger partial charge in [-0.1, -0.05) is 80.6 Å². The number of hydrogen-bond donors (Lipinski definition) is 1. The Morgan fingerprint density at radius 2 is 1.56 bits per heavy atom. The van der Waals surface area contributed by atoms with Gasteiger partial charge in [0, 0.05) is 13.1 Å². The van der Waals surface area contributed by atoms with E-state index in [1.807, 2.05) is 80.6 Å². The molecule has 0 aromatic heterocycles. The molecule has 1 N–H and O–H groups in total. The van der Waals surface area contributed by atoms with Gasteiger partial charge in [-0.3, -0.25) is 4.79 Å². The zero-order chi connectivity index (χ0) is 25.7. The van der Waals surface area contributed by atoms with E-state index in [4.69, 9.17) is 4.74 Å². The minimum Gasteiger partial charge on any atom is -0.495 e. The van der Waals surface area contributed by atoms with E-state index in [9.17, 15) is 13.2 Å². The number of rotatable bonds is 8. The van der Waals surface area contributed by atoms with E-state index in [0.717, 1.165) is 16.7 Å². The van der Waals surface area contributed by atoms with E-state index in [2.05, 4.69) is 5.32 Å². The van der Waals surface area contributed by atoms with Crippen LogP contribution in [-0.2, 0) is 14.8 Å². The summed E-state index contributed by atoms with van der Waals surface area (Å²) in [5.74, 6) is -0.0879. The van der Waals surface area contributed by atoms with Gasteiger partial charge in [-0.25, -0.2) is 8.42 Å². The minimum absolute atomic E-state index is 0.138. The summed E-state index contributed by atoms with van der Waals surface area (Å²) < 4.78 is 34.2. The van der Waals surface area contributed by atoms with Crippen LogP contribution in [0.5, 0.6) is 5.75 Å². The predicted molar refractivity (Wildman–Crippen MR) is 141 cm³/mol. The molecule has 0 aliphatic carbocycles. The molecule has 3 aromatic carbocycles. The number of nitrogens with one attached hydrogen (secondary N) is 1. The van der Waals surface area contributed by atoms with Crippen molar-refractivity contribution >= 4 is 15.9 Å². The van der Waals surface area contributed by atoms with Crippen LogP contribution in [0.1, 0.15) is 55.3 Å². The van der Waals surface area contributed by atoms with Crippen molar-refractivity contribution < 1.29 is 17.9 Å². The van der Waals surface area contributed by atoms with Gasteiger partial charge in [0.2, 0.25) is 15.9 Å². The molecular weight excluding hydrogens is 472 g/mol.